The number of nitrogens with zero attached hydrogens (tertiary/aromatic N) is 1. The first-order chi connectivity index (χ1) is 5.70. The van der Waals surface area contributed by atoms with Crippen molar-refractivity contribution in [2.75, 3.05) is 18.5 Å². The summed E-state index contributed by atoms with van der Waals surface area (Å²) in [7, 11) is 1.97. The fraction of sp³-hybridized carbons (Fsp3) is 0.222. The molecule has 64 valence electrons. The standard InChI is InChI=1S/C9H12N2S/c1-11(7-9(10)12)8-5-3-2-4-6-8/h2-6H,7H2,1H3,(H2,10,12). The second-order valence-corrected chi connectivity index (χ2v) is 3.18. The van der Waals surface area contributed by atoms with Crippen LogP contribution >= 0.6 is 12.2 Å². The van der Waals surface area contributed by atoms with Gasteiger partial charge in [0, 0.05) is 12.7 Å². The third kappa shape index (κ3) is 2.51. The molecule has 0 aliphatic carbocycles. The Labute approximate surface area is 78.0 Å². The predicted octanol–water partition coefficient (Wildman–Crippen LogP) is 1.41. The molecule has 0 radical (unpaired) electrons. The molecule has 0 heterocycles. The zero-order valence-electron chi connectivity index (χ0n) is 7.03. The fourth-order valence-corrected chi connectivity index (χ4v) is 1.20. The van der Waals surface area contributed by atoms with E-state index in [1.165, 1.54) is 0 Å². The number of rotatable bonds is 3. The first-order valence-electron chi connectivity index (χ1n) is 3.74. The van der Waals surface area contributed by atoms with Crippen LogP contribution < -0.4 is 10.6 Å². The van der Waals surface area contributed by atoms with E-state index in [4.69, 9.17) is 18.0 Å². The third-order valence-corrected chi connectivity index (χ3v) is 1.72. The Morgan fingerprint density at radius 3 is 2.50 bits per heavy atom. The maximum atomic E-state index is 5.42. The zero-order chi connectivity index (χ0) is 8.97. The molecule has 0 unspecified atom stereocenters. The minimum Gasteiger partial charge on any atom is -0.392 e. The SMILES string of the molecule is CN(CC(N)=S)c1ccccc1. The summed E-state index contributed by atoms with van der Waals surface area (Å²) in [5, 5.41) is 0. The first-order valence-corrected chi connectivity index (χ1v) is 4.15. The van der Waals surface area contributed by atoms with Crippen molar-refractivity contribution in [2.24, 2.45) is 5.73 Å². The van der Waals surface area contributed by atoms with E-state index >= 15 is 0 Å². The molecular formula is C9H12N2S. The molecule has 2 N–H and O–H groups in total. The van der Waals surface area contributed by atoms with E-state index < -0.39 is 0 Å². The van der Waals surface area contributed by atoms with Gasteiger partial charge in [-0.15, -0.1) is 0 Å². The van der Waals surface area contributed by atoms with Crippen molar-refractivity contribution in [3.05, 3.63) is 30.3 Å². The van der Waals surface area contributed by atoms with Crippen LogP contribution in [0.15, 0.2) is 30.3 Å². The zero-order valence-corrected chi connectivity index (χ0v) is 7.84. The third-order valence-electron chi connectivity index (χ3n) is 1.59. The summed E-state index contributed by atoms with van der Waals surface area (Å²) in [5.41, 5.74) is 6.55. The topological polar surface area (TPSA) is 29.3 Å². The van der Waals surface area contributed by atoms with Gasteiger partial charge in [0.2, 0.25) is 0 Å². The summed E-state index contributed by atoms with van der Waals surface area (Å²) in [6.07, 6.45) is 0. The van der Waals surface area contributed by atoms with Gasteiger partial charge in [0.15, 0.2) is 0 Å². The summed E-state index contributed by atoms with van der Waals surface area (Å²) in [6.45, 7) is 0.624. The highest BCUT2D eigenvalue weighted by molar-refractivity contribution is 7.80. The Balaban J connectivity index is 2.65. The van der Waals surface area contributed by atoms with E-state index in [1.807, 2.05) is 42.3 Å². The van der Waals surface area contributed by atoms with Gasteiger partial charge in [-0.3, -0.25) is 0 Å². The van der Waals surface area contributed by atoms with E-state index in [9.17, 15) is 0 Å². The molecule has 0 aliphatic heterocycles. The maximum absolute atomic E-state index is 5.42. The van der Waals surface area contributed by atoms with Crippen LogP contribution in [-0.2, 0) is 0 Å². The van der Waals surface area contributed by atoms with E-state index in [0.29, 0.717) is 11.5 Å². The summed E-state index contributed by atoms with van der Waals surface area (Å²) in [4.78, 5) is 2.53. The largest absolute Gasteiger partial charge is 0.392 e. The van der Waals surface area contributed by atoms with Crippen LogP contribution in [0.25, 0.3) is 0 Å². The van der Waals surface area contributed by atoms with Gasteiger partial charge in [0.25, 0.3) is 0 Å². The van der Waals surface area contributed by atoms with E-state index in [-0.39, 0.29) is 0 Å². The second kappa shape index (κ2) is 4.07. The molecule has 0 saturated heterocycles. The lowest BCUT2D eigenvalue weighted by molar-refractivity contribution is 1.06. The molecule has 0 aliphatic rings. The van der Waals surface area contributed by atoms with Crippen molar-refractivity contribution < 1.29 is 0 Å². The number of para-hydroxylation sites is 1. The van der Waals surface area contributed by atoms with Crippen molar-refractivity contribution in [3.8, 4) is 0 Å². The van der Waals surface area contributed by atoms with E-state index in [0.717, 1.165) is 5.69 Å². The Hall–Kier alpha value is -1.09. The number of likely N-dealkylation sites (N-methyl/N-ethyl adjacent to an activating group) is 1. The summed E-state index contributed by atoms with van der Waals surface area (Å²) < 4.78 is 0. The highest BCUT2D eigenvalue weighted by Crippen LogP contribution is 2.09. The Morgan fingerprint density at radius 1 is 1.42 bits per heavy atom. The van der Waals surface area contributed by atoms with Crippen LogP contribution in [0.2, 0.25) is 0 Å². The molecular weight excluding hydrogens is 168 g/mol. The van der Waals surface area contributed by atoms with Crippen molar-refractivity contribution in [1.29, 1.82) is 0 Å². The van der Waals surface area contributed by atoms with Gasteiger partial charge in [0.05, 0.1) is 11.5 Å². The number of thiocarbonyl (C=S) groups is 1. The Morgan fingerprint density at radius 2 is 2.00 bits per heavy atom. The van der Waals surface area contributed by atoms with E-state index in [2.05, 4.69) is 0 Å². The number of benzene rings is 1. The highest BCUT2D eigenvalue weighted by atomic mass is 32.1. The molecule has 2 nitrogen and oxygen atoms in total. The monoisotopic (exact) mass is 180 g/mol. The minimum absolute atomic E-state index is 0.515. The molecule has 0 atom stereocenters. The van der Waals surface area contributed by atoms with Gasteiger partial charge in [0.1, 0.15) is 0 Å². The van der Waals surface area contributed by atoms with Crippen molar-refractivity contribution in [3.63, 3.8) is 0 Å². The summed E-state index contributed by atoms with van der Waals surface area (Å²) >= 11 is 4.81. The minimum atomic E-state index is 0.515. The van der Waals surface area contributed by atoms with Crippen LogP contribution in [-0.4, -0.2) is 18.6 Å². The molecule has 1 rings (SSSR count). The van der Waals surface area contributed by atoms with Gasteiger partial charge in [-0.2, -0.15) is 0 Å². The van der Waals surface area contributed by atoms with Crippen LogP contribution in [0.1, 0.15) is 0 Å². The normalized spacial score (nSPS) is 9.42. The van der Waals surface area contributed by atoms with Crippen LogP contribution in [0.3, 0.4) is 0 Å². The average Bonchev–Trinajstić information content (AvgIpc) is 2.05. The number of hydrogen-bond acceptors (Lipinski definition) is 2. The second-order valence-electron chi connectivity index (χ2n) is 2.66. The van der Waals surface area contributed by atoms with Gasteiger partial charge in [-0.05, 0) is 12.1 Å². The van der Waals surface area contributed by atoms with Gasteiger partial charge in [-0.1, -0.05) is 30.4 Å². The summed E-state index contributed by atoms with van der Waals surface area (Å²) in [6, 6.07) is 10.0. The van der Waals surface area contributed by atoms with Crippen LogP contribution in [0.4, 0.5) is 5.69 Å². The van der Waals surface area contributed by atoms with Crippen molar-refractivity contribution in [2.45, 2.75) is 0 Å². The average molecular weight is 180 g/mol. The van der Waals surface area contributed by atoms with Crippen LogP contribution in [0.5, 0.6) is 0 Å². The molecule has 0 fully saturated rings. The van der Waals surface area contributed by atoms with Gasteiger partial charge in [-0.25, -0.2) is 0 Å². The highest BCUT2D eigenvalue weighted by Gasteiger charge is 1.99. The lowest BCUT2D eigenvalue weighted by Gasteiger charge is -2.17. The Kier molecular flexibility index (Phi) is 3.05. The van der Waals surface area contributed by atoms with Crippen LogP contribution in [0, 0.1) is 0 Å². The maximum Gasteiger partial charge on any atom is 0.0923 e. The van der Waals surface area contributed by atoms with Gasteiger partial charge >= 0.3 is 0 Å². The number of nitrogens with two attached hydrogens (primary N) is 1. The molecule has 0 spiro atoms. The summed E-state index contributed by atoms with van der Waals surface area (Å²) in [5.74, 6) is 0. The van der Waals surface area contributed by atoms with Gasteiger partial charge < -0.3 is 10.6 Å². The number of anilines is 1. The Bertz CT molecular complexity index is 258. The molecule has 0 amide bonds. The lowest BCUT2D eigenvalue weighted by Crippen LogP contribution is -2.28. The fourth-order valence-electron chi connectivity index (χ4n) is 1.01. The molecule has 3 heteroatoms. The first kappa shape index (κ1) is 9.00. The van der Waals surface area contributed by atoms with Crippen molar-refractivity contribution >= 4 is 22.9 Å². The number of hydrogen-bond donors (Lipinski definition) is 1. The molecule has 12 heavy (non-hydrogen) atoms. The molecule has 1 aromatic rings. The quantitative estimate of drug-likeness (QED) is 0.713. The molecule has 0 bridgehead atoms. The molecule has 0 aromatic heterocycles. The molecule has 1 aromatic carbocycles. The van der Waals surface area contributed by atoms with E-state index in [1.54, 1.807) is 0 Å². The lowest BCUT2D eigenvalue weighted by atomic mass is 10.3. The predicted molar refractivity (Wildman–Crippen MR) is 56.5 cm³/mol. The smallest absolute Gasteiger partial charge is 0.0923 e. The van der Waals surface area contributed by atoms with Crippen molar-refractivity contribution in [1.82, 2.24) is 0 Å². The molecule has 0 saturated carbocycles.